The van der Waals surface area contributed by atoms with E-state index < -0.39 is 12.0 Å². The van der Waals surface area contributed by atoms with E-state index in [-0.39, 0.29) is 18.3 Å². The van der Waals surface area contributed by atoms with Gasteiger partial charge in [-0.15, -0.1) is 0 Å². The Bertz CT molecular complexity index is 1140. The first kappa shape index (κ1) is 19.8. The van der Waals surface area contributed by atoms with Crippen LogP contribution in [0.25, 0.3) is 11.2 Å². The summed E-state index contributed by atoms with van der Waals surface area (Å²) in [4.78, 5) is 12.6. The Morgan fingerprint density at radius 2 is 1.94 bits per heavy atom. The lowest BCUT2D eigenvalue weighted by Crippen LogP contribution is -2.32. The van der Waals surface area contributed by atoms with Crippen LogP contribution < -0.4 is 5.73 Å². The molecule has 0 spiro atoms. The SMILES string of the molecule is CC1(C)O[C@@H]2[C@H](O1)[C@@H](COCc1ccc(C#N)cc1)O[C@H]2n1cnc2c(N)ncnc21. The number of hydrogen-bond acceptors (Lipinski definition) is 9. The molecule has 2 N–H and O–H groups in total. The van der Waals surface area contributed by atoms with Gasteiger partial charge in [0.1, 0.15) is 30.2 Å². The number of nitrogens with two attached hydrogens (primary N) is 1. The van der Waals surface area contributed by atoms with Crippen molar-refractivity contribution in [3.8, 4) is 6.07 Å². The van der Waals surface area contributed by atoms with Crippen molar-refractivity contribution in [1.82, 2.24) is 19.5 Å². The number of hydrogen-bond donors (Lipinski definition) is 1. The van der Waals surface area contributed by atoms with Crippen LogP contribution in [-0.4, -0.2) is 50.2 Å². The standard InChI is InChI=1S/C21H22N6O4/c1-21(2)30-16-14(9-28-8-13-5-3-12(7-22)4-6-13)29-20(17(16)31-21)27-11-26-15-18(23)24-10-25-19(15)27/h3-6,10-11,14,16-17,20H,8-9H2,1-2H3,(H2,23,24,25)/t14-,16-,17-,20-/m1/s1. The first-order valence-electron chi connectivity index (χ1n) is 9.96. The Morgan fingerprint density at radius 1 is 1.16 bits per heavy atom. The third-order valence-corrected chi connectivity index (χ3v) is 5.42. The molecule has 10 nitrogen and oxygen atoms in total. The third-order valence-electron chi connectivity index (χ3n) is 5.42. The number of benzene rings is 1. The highest BCUT2D eigenvalue weighted by atomic mass is 16.8. The second-order valence-electron chi connectivity index (χ2n) is 8.04. The van der Waals surface area contributed by atoms with Gasteiger partial charge in [-0.1, -0.05) is 12.1 Å². The van der Waals surface area contributed by atoms with E-state index in [0.29, 0.717) is 35.8 Å². The van der Waals surface area contributed by atoms with Crippen molar-refractivity contribution in [3.63, 3.8) is 0 Å². The summed E-state index contributed by atoms with van der Waals surface area (Å²) in [5, 5.41) is 8.92. The number of ether oxygens (including phenoxy) is 4. The number of nitrogens with zero attached hydrogens (tertiary/aromatic N) is 5. The molecule has 2 fully saturated rings. The van der Waals surface area contributed by atoms with Gasteiger partial charge in [0.05, 0.1) is 31.2 Å². The van der Waals surface area contributed by atoms with Gasteiger partial charge in [0, 0.05) is 0 Å². The predicted octanol–water partition coefficient (Wildman–Crippen LogP) is 1.91. The number of rotatable bonds is 5. The van der Waals surface area contributed by atoms with E-state index >= 15 is 0 Å². The molecule has 3 aromatic rings. The molecule has 0 saturated carbocycles. The first-order chi connectivity index (χ1) is 14.9. The minimum atomic E-state index is -0.743. The van der Waals surface area contributed by atoms with Crippen LogP contribution in [0.2, 0.25) is 0 Å². The minimum Gasteiger partial charge on any atom is -0.382 e. The number of nitrogen functional groups attached to an aromatic ring is 1. The van der Waals surface area contributed by atoms with Crippen LogP contribution in [0.3, 0.4) is 0 Å². The molecular formula is C21H22N6O4. The molecule has 2 saturated heterocycles. The zero-order valence-electron chi connectivity index (χ0n) is 17.1. The smallest absolute Gasteiger partial charge is 0.167 e. The van der Waals surface area contributed by atoms with Crippen LogP contribution in [0.5, 0.6) is 0 Å². The van der Waals surface area contributed by atoms with Crippen molar-refractivity contribution >= 4 is 17.0 Å². The normalized spacial score (nSPS) is 26.7. The average Bonchev–Trinajstić information content (AvgIpc) is 3.41. The van der Waals surface area contributed by atoms with Crippen molar-refractivity contribution in [1.29, 1.82) is 5.26 Å². The molecule has 2 aromatic heterocycles. The van der Waals surface area contributed by atoms with Crippen LogP contribution in [0.4, 0.5) is 5.82 Å². The fourth-order valence-electron chi connectivity index (χ4n) is 4.04. The zero-order chi connectivity index (χ0) is 21.6. The Morgan fingerprint density at radius 3 is 2.71 bits per heavy atom. The van der Waals surface area contributed by atoms with E-state index in [2.05, 4.69) is 21.0 Å². The summed E-state index contributed by atoms with van der Waals surface area (Å²) in [7, 11) is 0. The van der Waals surface area contributed by atoms with E-state index in [0.717, 1.165) is 5.56 Å². The van der Waals surface area contributed by atoms with Gasteiger partial charge in [-0.25, -0.2) is 15.0 Å². The third kappa shape index (κ3) is 3.62. The molecular weight excluding hydrogens is 400 g/mol. The van der Waals surface area contributed by atoms with Crippen molar-refractivity contribution in [2.24, 2.45) is 0 Å². The summed E-state index contributed by atoms with van der Waals surface area (Å²) >= 11 is 0. The van der Waals surface area contributed by atoms with Gasteiger partial charge in [0.25, 0.3) is 0 Å². The molecule has 2 aliphatic rings. The van der Waals surface area contributed by atoms with Gasteiger partial charge in [0.15, 0.2) is 23.5 Å². The molecule has 31 heavy (non-hydrogen) atoms. The van der Waals surface area contributed by atoms with Gasteiger partial charge in [-0.2, -0.15) is 5.26 Å². The van der Waals surface area contributed by atoms with Crippen LogP contribution in [0.15, 0.2) is 36.9 Å². The highest BCUT2D eigenvalue weighted by Gasteiger charge is 2.56. The Balaban J connectivity index is 1.34. The number of nitriles is 1. The lowest BCUT2D eigenvalue weighted by molar-refractivity contribution is -0.202. The molecule has 5 rings (SSSR count). The molecule has 0 unspecified atom stereocenters. The van der Waals surface area contributed by atoms with Crippen molar-refractivity contribution in [2.45, 2.75) is 50.8 Å². The quantitative estimate of drug-likeness (QED) is 0.655. The van der Waals surface area contributed by atoms with Crippen LogP contribution >= 0.6 is 0 Å². The van der Waals surface area contributed by atoms with Crippen LogP contribution in [-0.2, 0) is 25.6 Å². The lowest BCUT2D eigenvalue weighted by atomic mass is 10.1. The maximum atomic E-state index is 8.92. The summed E-state index contributed by atoms with van der Waals surface area (Å²) < 4.78 is 26.3. The molecule has 4 heterocycles. The Hall–Kier alpha value is -3.10. The summed E-state index contributed by atoms with van der Waals surface area (Å²) in [6, 6.07) is 9.39. The highest BCUT2D eigenvalue weighted by Crippen LogP contribution is 2.43. The van der Waals surface area contributed by atoms with Crippen LogP contribution in [0.1, 0.15) is 31.2 Å². The topological polar surface area (TPSA) is 130 Å². The van der Waals surface area contributed by atoms with E-state index in [1.165, 1.54) is 6.33 Å². The maximum Gasteiger partial charge on any atom is 0.167 e. The molecule has 160 valence electrons. The van der Waals surface area contributed by atoms with Crippen molar-refractivity contribution in [2.75, 3.05) is 12.3 Å². The minimum absolute atomic E-state index is 0.308. The second kappa shape index (κ2) is 7.55. The molecule has 4 atom stereocenters. The number of imidazole rings is 1. The van der Waals surface area contributed by atoms with Gasteiger partial charge in [-0.3, -0.25) is 4.57 Å². The fourth-order valence-corrected chi connectivity index (χ4v) is 4.04. The van der Waals surface area contributed by atoms with Crippen LogP contribution in [0, 0.1) is 11.3 Å². The molecule has 0 amide bonds. The Kier molecular flexibility index (Phi) is 4.83. The van der Waals surface area contributed by atoms with E-state index in [9.17, 15) is 0 Å². The number of anilines is 1. The highest BCUT2D eigenvalue weighted by molar-refractivity contribution is 5.81. The van der Waals surface area contributed by atoms with Crippen molar-refractivity contribution in [3.05, 3.63) is 48.0 Å². The van der Waals surface area contributed by atoms with Gasteiger partial charge < -0.3 is 24.7 Å². The summed E-state index contributed by atoms with van der Waals surface area (Å²) in [5.41, 5.74) is 8.60. The van der Waals surface area contributed by atoms with E-state index in [1.807, 2.05) is 26.0 Å². The van der Waals surface area contributed by atoms with Gasteiger partial charge in [0.2, 0.25) is 0 Å². The molecule has 2 aliphatic heterocycles. The second-order valence-corrected chi connectivity index (χ2v) is 8.04. The zero-order valence-corrected chi connectivity index (χ0v) is 17.1. The fraction of sp³-hybridized carbons (Fsp3) is 0.429. The molecule has 0 radical (unpaired) electrons. The largest absolute Gasteiger partial charge is 0.382 e. The molecule has 1 aromatic carbocycles. The molecule has 0 bridgehead atoms. The van der Waals surface area contributed by atoms with E-state index in [1.54, 1.807) is 23.0 Å². The predicted molar refractivity (Wildman–Crippen MR) is 108 cm³/mol. The molecule has 10 heteroatoms. The average molecular weight is 422 g/mol. The lowest BCUT2D eigenvalue weighted by Gasteiger charge is -2.24. The Labute approximate surface area is 178 Å². The van der Waals surface area contributed by atoms with Gasteiger partial charge >= 0.3 is 0 Å². The maximum absolute atomic E-state index is 8.92. The van der Waals surface area contributed by atoms with Gasteiger partial charge in [-0.05, 0) is 31.5 Å². The first-order valence-corrected chi connectivity index (χ1v) is 9.96. The summed E-state index contributed by atoms with van der Waals surface area (Å²) in [6.45, 7) is 4.48. The monoisotopic (exact) mass is 422 g/mol. The molecule has 0 aliphatic carbocycles. The number of fused-ring (bicyclic) bond motifs is 2. The summed E-state index contributed by atoms with van der Waals surface area (Å²) in [6.07, 6.45) is 1.54. The van der Waals surface area contributed by atoms with Crippen molar-refractivity contribution < 1.29 is 18.9 Å². The van der Waals surface area contributed by atoms with E-state index in [4.69, 9.17) is 29.9 Å². The number of aromatic nitrogens is 4. The summed E-state index contributed by atoms with van der Waals surface area (Å²) in [5.74, 6) is -0.433.